The third kappa shape index (κ3) is 7.07. The van der Waals surface area contributed by atoms with Gasteiger partial charge < -0.3 is 10.2 Å². The lowest BCUT2D eigenvalue weighted by molar-refractivity contribution is -0.144. The molecule has 9 heteroatoms. The van der Waals surface area contributed by atoms with Gasteiger partial charge in [0.2, 0.25) is 23.6 Å². The molecule has 1 aliphatic heterocycles. The summed E-state index contributed by atoms with van der Waals surface area (Å²) in [6, 6.07) is 14.1. The zero-order chi connectivity index (χ0) is 29.6. The number of likely N-dealkylation sites (tertiary alicyclic amines) is 1. The van der Waals surface area contributed by atoms with Crippen molar-refractivity contribution in [2.75, 3.05) is 6.54 Å². The number of carbonyl (C=O) groups excluding carboxylic acids is 4. The van der Waals surface area contributed by atoms with Crippen molar-refractivity contribution in [3.8, 4) is 0 Å². The molecule has 2 aliphatic carbocycles. The molecule has 0 aromatic heterocycles. The fourth-order valence-corrected chi connectivity index (χ4v) is 6.69. The van der Waals surface area contributed by atoms with E-state index in [0.29, 0.717) is 29.3 Å². The summed E-state index contributed by atoms with van der Waals surface area (Å²) in [5.74, 6) is -1.64. The molecular weight excluding hydrogens is 573 g/mol. The number of carbonyl (C=O) groups is 4. The predicted octanol–water partition coefficient (Wildman–Crippen LogP) is 5.72. The normalized spacial score (nSPS) is 21.2. The van der Waals surface area contributed by atoms with Gasteiger partial charge in [0.25, 0.3) is 0 Å². The van der Waals surface area contributed by atoms with E-state index in [0.717, 1.165) is 43.2 Å². The van der Waals surface area contributed by atoms with Crippen molar-refractivity contribution >= 4 is 46.8 Å². The second kappa shape index (κ2) is 13.9. The number of nitrogens with zero attached hydrogens (tertiary/aromatic N) is 2. The molecule has 1 N–H and O–H groups in total. The molecule has 0 radical (unpaired) electrons. The summed E-state index contributed by atoms with van der Waals surface area (Å²) in [6.07, 6.45) is 10.4. The van der Waals surface area contributed by atoms with E-state index >= 15 is 0 Å². The number of nitrogens with one attached hydrogen (secondary N) is 1. The number of fused-ring (bicyclic) bond motifs is 1. The predicted molar refractivity (Wildman–Crippen MR) is 163 cm³/mol. The van der Waals surface area contributed by atoms with Crippen LogP contribution in [0.1, 0.15) is 62.5 Å². The molecule has 1 saturated heterocycles. The van der Waals surface area contributed by atoms with E-state index in [9.17, 15) is 19.2 Å². The van der Waals surface area contributed by atoms with Crippen molar-refractivity contribution < 1.29 is 19.2 Å². The average Bonchev–Trinajstić information content (AvgIpc) is 3.25. The Labute approximate surface area is 257 Å². The van der Waals surface area contributed by atoms with E-state index in [1.807, 2.05) is 42.5 Å². The lowest BCUT2D eigenvalue weighted by atomic mass is 9.85. The highest BCUT2D eigenvalue weighted by molar-refractivity contribution is 6.42. The van der Waals surface area contributed by atoms with Crippen LogP contribution in [-0.2, 0) is 32.1 Å². The van der Waals surface area contributed by atoms with Crippen LogP contribution in [0, 0.1) is 11.8 Å². The van der Waals surface area contributed by atoms with Gasteiger partial charge in [0, 0.05) is 32.0 Å². The van der Waals surface area contributed by atoms with Crippen molar-refractivity contribution in [1.29, 1.82) is 0 Å². The maximum Gasteiger partial charge on any atom is 0.243 e. The largest absolute Gasteiger partial charge is 0.352 e. The number of hydrogen-bond donors (Lipinski definition) is 1. The van der Waals surface area contributed by atoms with Crippen LogP contribution in [0.4, 0.5) is 0 Å². The maximum atomic E-state index is 14.0. The van der Waals surface area contributed by atoms with Crippen LogP contribution < -0.4 is 5.32 Å². The van der Waals surface area contributed by atoms with Gasteiger partial charge in [0.05, 0.1) is 21.9 Å². The number of rotatable bonds is 10. The van der Waals surface area contributed by atoms with Crippen molar-refractivity contribution in [2.24, 2.45) is 11.8 Å². The fraction of sp³-hybridized carbons (Fsp3) is 0.455. The molecule has 3 aliphatic rings. The van der Waals surface area contributed by atoms with Gasteiger partial charge in [-0.2, -0.15) is 0 Å². The Hall–Kier alpha value is -3.16. The lowest BCUT2D eigenvalue weighted by Crippen LogP contribution is -2.53. The molecule has 2 fully saturated rings. The number of amides is 4. The standard InChI is InChI=1S/C33H37Cl2N3O4/c34-27-16-15-23(19-28(27)35)21-38(30(39)17-18-37-32(41)25-13-7-8-14-26(25)33(37)42)29(20-22-9-3-1-4-10-22)31(40)36-24-11-5-2-6-12-24/h1,3-4,7-10,15-16,19,24-26,29H,2,5-6,11-14,17-18,20-21H2,(H,36,40)/t25-,26+,29-/m1/s1. The molecule has 1 saturated carbocycles. The zero-order valence-corrected chi connectivity index (χ0v) is 25.2. The van der Waals surface area contributed by atoms with Crippen LogP contribution in [0.5, 0.6) is 0 Å². The zero-order valence-electron chi connectivity index (χ0n) is 23.6. The summed E-state index contributed by atoms with van der Waals surface area (Å²) >= 11 is 12.5. The molecule has 42 heavy (non-hydrogen) atoms. The Bertz CT molecular complexity index is 1320. The lowest BCUT2D eigenvalue weighted by Gasteiger charge is -2.34. The van der Waals surface area contributed by atoms with Crippen LogP contribution in [0.2, 0.25) is 10.0 Å². The van der Waals surface area contributed by atoms with Gasteiger partial charge in [0.15, 0.2) is 0 Å². The van der Waals surface area contributed by atoms with E-state index in [2.05, 4.69) is 5.32 Å². The minimum atomic E-state index is -0.798. The quantitative estimate of drug-likeness (QED) is 0.275. The van der Waals surface area contributed by atoms with E-state index in [1.165, 1.54) is 4.90 Å². The van der Waals surface area contributed by atoms with Gasteiger partial charge in [-0.1, -0.05) is 91.0 Å². The highest BCUT2D eigenvalue weighted by atomic mass is 35.5. The van der Waals surface area contributed by atoms with Gasteiger partial charge in [0.1, 0.15) is 6.04 Å². The number of hydrogen-bond acceptors (Lipinski definition) is 4. The summed E-state index contributed by atoms with van der Waals surface area (Å²) in [7, 11) is 0. The summed E-state index contributed by atoms with van der Waals surface area (Å²) in [6.45, 7) is 0.117. The molecule has 2 aromatic rings. The number of imide groups is 1. The molecule has 1 heterocycles. The van der Waals surface area contributed by atoms with Crippen LogP contribution in [0.25, 0.3) is 0 Å². The Morgan fingerprint density at radius 3 is 2.19 bits per heavy atom. The van der Waals surface area contributed by atoms with Crippen molar-refractivity contribution in [1.82, 2.24) is 15.1 Å². The molecule has 4 amide bonds. The minimum absolute atomic E-state index is 0.0102. The molecule has 0 bridgehead atoms. The van der Waals surface area contributed by atoms with E-state index in [-0.39, 0.29) is 61.0 Å². The van der Waals surface area contributed by atoms with Crippen molar-refractivity contribution in [2.45, 2.75) is 76.4 Å². The molecule has 0 spiro atoms. The molecule has 0 unspecified atom stereocenters. The third-order valence-electron chi connectivity index (χ3n) is 8.71. The highest BCUT2D eigenvalue weighted by Gasteiger charge is 2.47. The first-order chi connectivity index (χ1) is 20.3. The Balaban J connectivity index is 1.40. The Morgan fingerprint density at radius 2 is 1.55 bits per heavy atom. The van der Waals surface area contributed by atoms with Crippen LogP contribution in [-0.4, -0.2) is 52.1 Å². The monoisotopic (exact) mass is 609 g/mol. The molecule has 5 rings (SSSR count). The third-order valence-corrected chi connectivity index (χ3v) is 9.45. The first-order valence-electron chi connectivity index (χ1n) is 14.9. The van der Waals surface area contributed by atoms with Gasteiger partial charge >= 0.3 is 0 Å². The highest BCUT2D eigenvalue weighted by Crippen LogP contribution is 2.35. The molecule has 3 atom stereocenters. The Morgan fingerprint density at radius 1 is 0.881 bits per heavy atom. The van der Waals surface area contributed by atoms with Crippen LogP contribution in [0.3, 0.4) is 0 Å². The number of allylic oxidation sites excluding steroid dienone is 2. The Kier molecular flexibility index (Phi) is 10.0. The fourth-order valence-electron chi connectivity index (χ4n) is 6.37. The summed E-state index contributed by atoms with van der Waals surface area (Å²) < 4.78 is 0. The molecule has 7 nitrogen and oxygen atoms in total. The molecular formula is C33H37Cl2N3O4. The van der Waals surface area contributed by atoms with Crippen molar-refractivity contribution in [3.05, 3.63) is 81.9 Å². The van der Waals surface area contributed by atoms with Crippen LogP contribution in [0.15, 0.2) is 60.7 Å². The topological polar surface area (TPSA) is 86.8 Å². The summed E-state index contributed by atoms with van der Waals surface area (Å²) in [5, 5.41) is 3.98. The van der Waals surface area contributed by atoms with Crippen LogP contribution >= 0.6 is 23.2 Å². The van der Waals surface area contributed by atoms with E-state index < -0.39 is 6.04 Å². The average molecular weight is 611 g/mol. The second-order valence-corrected chi connectivity index (χ2v) is 12.4. The molecule has 222 valence electrons. The van der Waals surface area contributed by atoms with Gasteiger partial charge in [-0.15, -0.1) is 0 Å². The van der Waals surface area contributed by atoms with Gasteiger partial charge in [-0.3, -0.25) is 24.1 Å². The SMILES string of the molecule is O=C(NC1CCCCC1)[C@@H](Cc1ccccc1)N(Cc1ccc(Cl)c(Cl)c1)C(=O)CCN1C(=O)[C@H]2CC=CC[C@H]2C1=O. The van der Waals surface area contributed by atoms with Crippen molar-refractivity contribution in [3.63, 3.8) is 0 Å². The smallest absolute Gasteiger partial charge is 0.243 e. The number of halogens is 2. The van der Waals surface area contributed by atoms with Gasteiger partial charge in [-0.05, 0) is 48.9 Å². The van der Waals surface area contributed by atoms with E-state index in [1.54, 1.807) is 23.1 Å². The second-order valence-electron chi connectivity index (χ2n) is 11.6. The summed E-state index contributed by atoms with van der Waals surface area (Å²) in [4.78, 5) is 56.9. The number of benzene rings is 2. The molecule has 2 aromatic carbocycles. The van der Waals surface area contributed by atoms with E-state index in [4.69, 9.17) is 23.2 Å². The first-order valence-corrected chi connectivity index (χ1v) is 15.7. The first kappa shape index (κ1) is 30.3. The maximum absolute atomic E-state index is 14.0. The minimum Gasteiger partial charge on any atom is -0.352 e. The summed E-state index contributed by atoms with van der Waals surface area (Å²) in [5.41, 5.74) is 1.65. The van der Waals surface area contributed by atoms with Gasteiger partial charge in [-0.25, -0.2) is 0 Å².